The highest BCUT2D eigenvalue weighted by atomic mass is 19.3. The second-order valence-corrected chi connectivity index (χ2v) is 5.92. The van der Waals surface area contributed by atoms with Crippen molar-refractivity contribution in [1.82, 2.24) is 15.1 Å². The summed E-state index contributed by atoms with van der Waals surface area (Å²) in [5, 5.41) is 17.2. The van der Waals surface area contributed by atoms with Crippen LogP contribution in [0.5, 0.6) is 0 Å². The van der Waals surface area contributed by atoms with Gasteiger partial charge in [0, 0.05) is 6.54 Å². The third-order valence-corrected chi connectivity index (χ3v) is 3.08. The second kappa shape index (κ2) is 5.59. The molecular formula is C12H16F2N4O4. The fourth-order valence-corrected chi connectivity index (χ4v) is 2.05. The van der Waals surface area contributed by atoms with Crippen LogP contribution in [-0.4, -0.2) is 38.9 Å². The van der Waals surface area contributed by atoms with Crippen LogP contribution in [-0.2, 0) is 9.53 Å². The summed E-state index contributed by atoms with van der Waals surface area (Å²) < 4.78 is 31.8. The van der Waals surface area contributed by atoms with Crippen LogP contribution in [0, 0.1) is 10.1 Å². The van der Waals surface area contributed by atoms with Crippen molar-refractivity contribution in [3.63, 3.8) is 0 Å². The van der Waals surface area contributed by atoms with E-state index >= 15 is 0 Å². The van der Waals surface area contributed by atoms with Crippen LogP contribution in [0.3, 0.4) is 0 Å². The molecule has 8 nitrogen and oxygen atoms in total. The first-order valence-electron chi connectivity index (χ1n) is 6.58. The van der Waals surface area contributed by atoms with Gasteiger partial charge in [0.05, 0.1) is 11.0 Å². The lowest BCUT2D eigenvalue weighted by Gasteiger charge is -2.37. The molecule has 0 aliphatic carbocycles. The number of hydrogen-bond acceptors (Lipinski definition) is 6. The van der Waals surface area contributed by atoms with E-state index in [-0.39, 0.29) is 6.54 Å². The van der Waals surface area contributed by atoms with Crippen LogP contribution >= 0.6 is 0 Å². The van der Waals surface area contributed by atoms with Gasteiger partial charge < -0.3 is 10.1 Å². The Kier molecular flexibility index (Phi) is 4.14. The third kappa shape index (κ3) is 3.21. The average molecular weight is 318 g/mol. The molecule has 1 saturated heterocycles. The molecule has 1 N–H and O–H groups in total. The molecule has 2 rings (SSSR count). The van der Waals surface area contributed by atoms with E-state index < -0.39 is 46.4 Å². The molecule has 10 heteroatoms. The SMILES string of the molecule is CC(C)(C)OC(=O)C1NCC1n1cc([N+](=O)[O-])c(C(F)F)n1. The molecule has 1 aliphatic heterocycles. The van der Waals surface area contributed by atoms with E-state index in [1.807, 2.05) is 0 Å². The molecule has 122 valence electrons. The Bertz CT molecular complexity index is 596. The molecule has 0 amide bonds. The lowest BCUT2D eigenvalue weighted by atomic mass is 10.0. The molecular weight excluding hydrogens is 302 g/mol. The van der Waals surface area contributed by atoms with Crippen molar-refractivity contribution in [3.05, 3.63) is 22.0 Å². The highest BCUT2D eigenvalue weighted by Gasteiger charge is 2.42. The predicted octanol–water partition coefficient (Wildman–Crippen LogP) is 1.58. The molecule has 1 aromatic rings. The second-order valence-electron chi connectivity index (χ2n) is 5.92. The zero-order valence-corrected chi connectivity index (χ0v) is 12.2. The zero-order valence-electron chi connectivity index (χ0n) is 12.2. The summed E-state index contributed by atoms with van der Waals surface area (Å²) >= 11 is 0. The van der Waals surface area contributed by atoms with Crippen molar-refractivity contribution < 1.29 is 23.2 Å². The van der Waals surface area contributed by atoms with Crippen LogP contribution in [0.25, 0.3) is 0 Å². The Morgan fingerprint density at radius 3 is 2.59 bits per heavy atom. The van der Waals surface area contributed by atoms with Gasteiger partial charge in [-0.1, -0.05) is 0 Å². The standard InChI is InChI=1S/C12H16F2N4O4/c1-12(2,3)22-11(19)9-6(4-15-9)17-5-7(18(20)21)8(16-17)10(13)14/h5-6,9-10,15H,4H2,1-3H3. The summed E-state index contributed by atoms with van der Waals surface area (Å²) in [6.07, 6.45) is -2.14. The van der Waals surface area contributed by atoms with E-state index in [0.29, 0.717) is 0 Å². The molecule has 0 bridgehead atoms. The van der Waals surface area contributed by atoms with Gasteiger partial charge in [0.25, 0.3) is 6.43 Å². The summed E-state index contributed by atoms with van der Waals surface area (Å²) in [7, 11) is 0. The van der Waals surface area contributed by atoms with E-state index in [0.717, 1.165) is 10.9 Å². The van der Waals surface area contributed by atoms with Gasteiger partial charge in [-0.3, -0.25) is 19.6 Å². The Balaban J connectivity index is 2.20. The number of aromatic nitrogens is 2. The number of nitro groups is 1. The van der Waals surface area contributed by atoms with Crippen LogP contribution in [0.15, 0.2) is 6.20 Å². The highest BCUT2D eigenvalue weighted by Crippen LogP contribution is 2.31. The van der Waals surface area contributed by atoms with Crippen molar-refractivity contribution >= 4 is 11.7 Å². The maximum atomic E-state index is 12.8. The minimum absolute atomic E-state index is 0.283. The first-order valence-corrected chi connectivity index (χ1v) is 6.58. The molecule has 0 aromatic carbocycles. The van der Waals surface area contributed by atoms with Gasteiger partial charge in [0.1, 0.15) is 17.8 Å². The largest absolute Gasteiger partial charge is 0.459 e. The first-order chi connectivity index (χ1) is 10.1. The quantitative estimate of drug-likeness (QED) is 0.514. The number of esters is 1. The minimum Gasteiger partial charge on any atom is -0.459 e. The molecule has 2 unspecified atom stereocenters. The number of carbonyl (C=O) groups is 1. The number of hydrogen-bond donors (Lipinski definition) is 1. The summed E-state index contributed by atoms with van der Waals surface area (Å²) in [5.74, 6) is -0.555. The molecule has 0 radical (unpaired) electrons. The van der Waals surface area contributed by atoms with Crippen molar-refractivity contribution in [1.29, 1.82) is 0 Å². The van der Waals surface area contributed by atoms with Gasteiger partial charge in [-0.05, 0) is 20.8 Å². The zero-order chi connectivity index (χ0) is 16.7. The van der Waals surface area contributed by atoms with E-state index in [4.69, 9.17) is 4.74 Å². The first kappa shape index (κ1) is 16.3. The molecule has 2 atom stereocenters. The molecule has 1 aromatic heterocycles. The van der Waals surface area contributed by atoms with Crippen molar-refractivity contribution in [3.8, 4) is 0 Å². The maximum absolute atomic E-state index is 12.8. The average Bonchev–Trinajstić information content (AvgIpc) is 2.69. The van der Waals surface area contributed by atoms with Crippen LogP contribution < -0.4 is 5.32 Å². The Morgan fingerprint density at radius 2 is 2.23 bits per heavy atom. The Morgan fingerprint density at radius 1 is 1.59 bits per heavy atom. The van der Waals surface area contributed by atoms with Crippen LogP contribution in [0.1, 0.15) is 38.9 Å². The number of halogens is 2. The molecule has 1 aliphatic rings. The number of nitrogens with zero attached hydrogens (tertiary/aromatic N) is 3. The van der Waals surface area contributed by atoms with E-state index in [2.05, 4.69) is 10.4 Å². The van der Waals surface area contributed by atoms with Gasteiger partial charge in [0.2, 0.25) is 5.69 Å². The van der Waals surface area contributed by atoms with Gasteiger partial charge >= 0.3 is 11.7 Å². The molecule has 0 spiro atoms. The maximum Gasteiger partial charge on any atom is 0.325 e. The van der Waals surface area contributed by atoms with E-state index in [9.17, 15) is 23.7 Å². The van der Waals surface area contributed by atoms with Crippen molar-refractivity contribution in [2.24, 2.45) is 0 Å². The summed E-state index contributed by atoms with van der Waals surface area (Å²) in [4.78, 5) is 21.8. The minimum atomic E-state index is -3.06. The van der Waals surface area contributed by atoms with E-state index in [1.54, 1.807) is 20.8 Å². The number of alkyl halides is 2. The highest BCUT2D eigenvalue weighted by molar-refractivity contribution is 5.78. The molecule has 0 saturated carbocycles. The predicted molar refractivity (Wildman–Crippen MR) is 70.5 cm³/mol. The van der Waals surface area contributed by atoms with Gasteiger partial charge in [0.15, 0.2) is 0 Å². The van der Waals surface area contributed by atoms with Gasteiger partial charge in [-0.2, -0.15) is 5.10 Å². The number of carbonyl (C=O) groups excluding carboxylic acids is 1. The summed E-state index contributed by atoms with van der Waals surface area (Å²) in [6, 6.07) is -1.37. The topological polar surface area (TPSA) is 99.3 Å². The molecule has 1 fully saturated rings. The van der Waals surface area contributed by atoms with Crippen LogP contribution in [0.2, 0.25) is 0 Å². The van der Waals surface area contributed by atoms with E-state index in [1.165, 1.54) is 0 Å². The van der Waals surface area contributed by atoms with Crippen LogP contribution in [0.4, 0.5) is 14.5 Å². The summed E-state index contributed by atoms with van der Waals surface area (Å²) in [5.41, 5.74) is -2.35. The lowest BCUT2D eigenvalue weighted by Crippen LogP contribution is -2.59. The number of nitrogens with one attached hydrogen (secondary N) is 1. The van der Waals surface area contributed by atoms with Crippen molar-refractivity contribution in [2.75, 3.05) is 6.54 Å². The van der Waals surface area contributed by atoms with Crippen molar-refractivity contribution in [2.45, 2.75) is 44.9 Å². The summed E-state index contributed by atoms with van der Waals surface area (Å²) in [6.45, 7) is 5.39. The smallest absolute Gasteiger partial charge is 0.325 e. The Labute approximate surface area is 124 Å². The fraction of sp³-hybridized carbons (Fsp3) is 0.667. The monoisotopic (exact) mass is 318 g/mol. The van der Waals surface area contributed by atoms with Gasteiger partial charge in [-0.25, -0.2) is 8.78 Å². The number of ether oxygens (including phenoxy) is 1. The third-order valence-electron chi connectivity index (χ3n) is 3.08. The number of rotatable bonds is 4. The Hall–Kier alpha value is -2.10. The molecule has 2 heterocycles. The lowest BCUT2D eigenvalue weighted by molar-refractivity contribution is -0.386. The fourth-order valence-electron chi connectivity index (χ4n) is 2.05. The molecule has 22 heavy (non-hydrogen) atoms. The van der Waals surface area contributed by atoms with Gasteiger partial charge in [-0.15, -0.1) is 0 Å². The normalized spacial score (nSPS) is 21.5.